The fourth-order valence-electron chi connectivity index (χ4n) is 1.94. The van der Waals surface area contributed by atoms with Crippen molar-refractivity contribution in [2.24, 2.45) is 0 Å². The van der Waals surface area contributed by atoms with Gasteiger partial charge < -0.3 is 14.6 Å². The topological polar surface area (TPSA) is 55.8 Å². The maximum absolute atomic E-state index is 12.2. The first-order chi connectivity index (χ1) is 11.1. The Balaban J connectivity index is 2.14. The first-order valence-corrected chi connectivity index (χ1v) is 6.90. The molecule has 2 aromatic carbocycles. The minimum Gasteiger partial charge on any atom is -0.507 e. The second-order valence-corrected chi connectivity index (χ2v) is 4.65. The number of hydrogen-bond acceptors (Lipinski definition) is 4. The molecule has 2 aromatic rings. The summed E-state index contributed by atoms with van der Waals surface area (Å²) in [6, 6.07) is 11.8. The van der Waals surface area contributed by atoms with Gasteiger partial charge in [0.25, 0.3) is 0 Å². The molecule has 0 heterocycles. The summed E-state index contributed by atoms with van der Waals surface area (Å²) in [6.07, 6.45) is 8.15. The molecule has 23 heavy (non-hydrogen) atoms. The number of phenolic OH excluding ortho intramolecular Hbond substituents is 1. The highest BCUT2D eigenvalue weighted by atomic mass is 16.5. The molecule has 1 N–H and O–H groups in total. The third kappa shape index (κ3) is 4.39. The van der Waals surface area contributed by atoms with E-state index in [2.05, 4.69) is 5.92 Å². The van der Waals surface area contributed by atoms with Gasteiger partial charge in [-0.1, -0.05) is 24.1 Å². The van der Waals surface area contributed by atoms with Crippen molar-refractivity contribution in [1.29, 1.82) is 0 Å². The smallest absolute Gasteiger partial charge is 0.189 e. The van der Waals surface area contributed by atoms with Crippen LogP contribution in [-0.2, 0) is 0 Å². The molecule has 0 aliphatic rings. The zero-order chi connectivity index (χ0) is 16.7. The van der Waals surface area contributed by atoms with Crippen LogP contribution in [0.5, 0.6) is 17.2 Å². The maximum atomic E-state index is 12.2. The highest BCUT2D eigenvalue weighted by Crippen LogP contribution is 2.24. The first kappa shape index (κ1) is 16.2. The fourth-order valence-corrected chi connectivity index (χ4v) is 1.94. The van der Waals surface area contributed by atoms with E-state index < -0.39 is 0 Å². The van der Waals surface area contributed by atoms with E-state index in [0.717, 1.165) is 5.56 Å². The number of terminal acetylenes is 1. The van der Waals surface area contributed by atoms with Gasteiger partial charge in [0.15, 0.2) is 5.78 Å². The number of ketones is 1. The van der Waals surface area contributed by atoms with Crippen LogP contribution in [0.3, 0.4) is 0 Å². The molecule has 0 aliphatic carbocycles. The second kappa shape index (κ2) is 7.71. The van der Waals surface area contributed by atoms with Crippen molar-refractivity contribution in [2.75, 3.05) is 13.7 Å². The van der Waals surface area contributed by atoms with Gasteiger partial charge in [0.1, 0.15) is 23.9 Å². The van der Waals surface area contributed by atoms with E-state index in [1.54, 1.807) is 25.3 Å². The number of carbonyl (C=O) groups is 1. The van der Waals surface area contributed by atoms with E-state index >= 15 is 0 Å². The lowest BCUT2D eigenvalue weighted by Crippen LogP contribution is -1.97. The molecule has 0 fully saturated rings. The highest BCUT2D eigenvalue weighted by Gasteiger charge is 2.09. The van der Waals surface area contributed by atoms with Gasteiger partial charge in [0.2, 0.25) is 0 Å². The Morgan fingerprint density at radius 3 is 2.78 bits per heavy atom. The minimum atomic E-state index is -0.311. The molecule has 0 unspecified atom stereocenters. The number of allylic oxidation sites excluding steroid dienone is 1. The molecule has 0 aliphatic heterocycles. The van der Waals surface area contributed by atoms with Crippen molar-refractivity contribution in [1.82, 2.24) is 0 Å². The maximum Gasteiger partial charge on any atom is 0.189 e. The summed E-state index contributed by atoms with van der Waals surface area (Å²) >= 11 is 0. The highest BCUT2D eigenvalue weighted by molar-refractivity contribution is 6.08. The lowest BCUT2D eigenvalue weighted by atomic mass is 10.1. The van der Waals surface area contributed by atoms with E-state index in [9.17, 15) is 9.90 Å². The van der Waals surface area contributed by atoms with Gasteiger partial charge in [-0.2, -0.15) is 0 Å². The monoisotopic (exact) mass is 308 g/mol. The summed E-state index contributed by atoms with van der Waals surface area (Å²) in [4.78, 5) is 12.2. The van der Waals surface area contributed by atoms with E-state index in [-0.39, 0.29) is 23.7 Å². The third-order valence-corrected chi connectivity index (χ3v) is 3.08. The molecule has 4 nitrogen and oxygen atoms in total. The average Bonchev–Trinajstić information content (AvgIpc) is 2.58. The van der Waals surface area contributed by atoms with Crippen LogP contribution in [-0.4, -0.2) is 24.6 Å². The van der Waals surface area contributed by atoms with Crippen LogP contribution < -0.4 is 9.47 Å². The summed E-state index contributed by atoms with van der Waals surface area (Å²) < 4.78 is 10.3. The Morgan fingerprint density at radius 2 is 2.09 bits per heavy atom. The lowest BCUT2D eigenvalue weighted by molar-refractivity contribution is 0.104. The molecule has 0 spiro atoms. The van der Waals surface area contributed by atoms with Crippen LogP contribution in [0.25, 0.3) is 6.08 Å². The van der Waals surface area contributed by atoms with E-state index in [1.807, 2.05) is 18.2 Å². The second-order valence-electron chi connectivity index (χ2n) is 4.65. The number of benzene rings is 2. The average molecular weight is 308 g/mol. The third-order valence-electron chi connectivity index (χ3n) is 3.08. The van der Waals surface area contributed by atoms with Crippen LogP contribution in [0.1, 0.15) is 15.9 Å². The van der Waals surface area contributed by atoms with Gasteiger partial charge in [0.05, 0.1) is 12.7 Å². The standard InChI is InChI=1S/C19H16O4/c1-3-11-23-16-8-9-17(19(21)13-16)18(20)10-7-14-5-4-6-15(12-14)22-2/h1,4-10,12-13,21H,11H2,2H3. The number of phenols is 1. The Labute approximate surface area is 135 Å². The van der Waals surface area contributed by atoms with Crippen molar-refractivity contribution in [3.63, 3.8) is 0 Å². The first-order valence-electron chi connectivity index (χ1n) is 6.90. The van der Waals surface area contributed by atoms with Crippen LogP contribution in [0, 0.1) is 12.3 Å². The van der Waals surface area contributed by atoms with Gasteiger partial charge in [-0.3, -0.25) is 4.79 Å². The van der Waals surface area contributed by atoms with Gasteiger partial charge in [-0.25, -0.2) is 0 Å². The minimum absolute atomic E-state index is 0.0997. The zero-order valence-electron chi connectivity index (χ0n) is 12.7. The summed E-state index contributed by atoms with van der Waals surface area (Å²) in [5.41, 5.74) is 1.02. The largest absolute Gasteiger partial charge is 0.507 e. The Morgan fingerprint density at radius 1 is 1.26 bits per heavy atom. The summed E-state index contributed by atoms with van der Waals surface area (Å²) in [7, 11) is 1.58. The van der Waals surface area contributed by atoms with Crippen LogP contribution >= 0.6 is 0 Å². The summed E-state index contributed by atoms with van der Waals surface area (Å²) in [6.45, 7) is 0.0997. The molecule has 116 valence electrons. The summed E-state index contributed by atoms with van der Waals surface area (Å²) in [5.74, 6) is 2.98. The van der Waals surface area contributed by atoms with E-state index in [1.165, 1.54) is 18.2 Å². The number of methoxy groups -OCH3 is 1. The quantitative estimate of drug-likeness (QED) is 0.505. The SMILES string of the molecule is C#CCOc1ccc(C(=O)C=Cc2cccc(OC)c2)c(O)c1. The van der Waals surface area contributed by atoms with Crippen molar-refractivity contribution < 1.29 is 19.4 Å². The number of aromatic hydroxyl groups is 1. The molecule has 0 radical (unpaired) electrons. The number of hydrogen-bond donors (Lipinski definition) is 1. The Kier molecular flexibility index (Phi) is 5.43. The van der Waals surface area contributed by atoms with Crippen molar-refractivity contribution >= 4 is 11.9 Å². The lowest BCUT2D eigenvalue weighted by Gasteiger charge is -2.05. The van der Waals surface area contributed by atoms with Gasteiger partial charge in [0, 0.05) is 6.07 Å². The van der Waals surface area contributed by atoms with Crippen molar-refractivity contribution in [3.8, 4) is 29.6 Å². The number of rotatable bonds is 6. The molecule has 0 amide bonds. The van der Waals surface area contributed by atoms with E-state index in [0.29, 0.717) is 11.5 Å². The normalized spacial score (nSPS) is 10.3. The molecular weight excluding hydrogens is 292 g/mol. The van der Waals surface area contributed by atoms with E-state index in [4.69, 9.17) is 15.9 Å². The zero-order valence-corrected chi connectivity index (χ0v) is 12.7. The molecule has 0 aromatic heterocycles. The molecule has 0 atom stereocenters. The Bertz CT molecular complexity index is 769. The molecular formula is C19H16O4. The van der Waals surface area contributed by atoms with Gasteiger partial charge >= 0.3 is 0 Å². The van der Waals surface area contributed by atoms with Gasteiger partial charge in [-0.05, 0) is 35.9 Å². The Hall–Kier alpha value is -3.19. The van der Waals surface area contributed by atoms with Crippen LogP contribution in [0.15, 0.2) is 48.5 Å². The molecule has 2 rings (SSSR count). The predicted molar refractivity (Wildman–Crippen MR) is 88.8 cm³/mol. The number of carbonyl (C=O) groups excluding carboxylic acids is 1. The van der Waals surface area contributed by atoms with Gasteiger partial charge in [-0.15, -0.1) is 6.42 Å². The molecule has 0 bridgehead atoms. The fraction of sp³-hybridized carbons (Fsp3) is 0.105. The number of ether oxygens (including phenoxy) is 2. The molecule has 4 heteroatoms. The van der Waals surface area contributed by atoms with Crippen molar-refractivity contribution in [3.05, 3.63) is 59.7 Å². The van der Waals surface area contributed by atoms with Crippen LogP contribution in [0.4, 0.5) is 0 Å². The molecule has 0 saturated heterocycles. The summed E-state index contributed by atoms with van der Waals surface area (Å²) in [5, 5.41) is 9.93. The van der Waals surface area contributed by atoms with Crippen molar-refractivity contribution in [2.45, 2.75) is 0 Å². The molecule has 0 saturated carbocycles. The predicted octanol–water partition coefficient (Wildman–Crippen LogP) is 3.31. The van der Waals surface area contributed by atoms with Crippen LogP contribution in [0.2, 0.25) is 0 Å².